The maximum absolute atomic E-state index is 11.0. The molecular weight excluding hydrogens is 459 g/mol. The zero-order valence-electron chi connectivity index (χ0n) is 17.0. The van der Waals surface area contributed by atoms with Gasteiger partial charge in [0.2, 0.25) is 0 Å². The number of aliphatic hydroxyl groups is 1. The first-order valence-corrected chi connectivity index (χ1v) is 17.1. The molecule has 0 unspecified atom stereocenters. The van der Waals surface area contributed by atoms with Gasteiger partial charge in [-0.15, -0.1) is 0 Å². The molecule has 0 atom stereocenters. The van der Waals surface area contributed by atoms with Crippen molar-refractivity contribution in [3.8, 4) is 0 Å². The number of hydrogen-bond donors (Lipinski definition) is 1. The Labute approximate surface area is 179 Å². The van der Waals surface area contributed by atoms with Crippen LogP contribution in [0.4, 0.5) is 0 Å². The quantitative estimate of drug-likeness (QED) is 0.402. The number of hydrogen-bond acceptors (Lipinski definition) is 1. The molecule has 0 radical (unpaired) electrons. The van der Waals surface area contributed by atoms with Crippen LogP contribution in [-0.4, -0.2) is 29.1 Å². The molecule has 0 aromatic heterocycles. The van der Waals surface area contributed by atoms with Crippen molar-refractivity contribution in [2.75, 3.05) is 0 Å². The molecule has 1 saturated carbocycles. The second-order valence-electron chi connectivity index (χ2n) is 8.27. The van der Waals surface area contributed by atoms with Gasteiger partial charge in [-0.25, -0.2) is 0 Å². The van der Waals surface area contributed by atoms with Crippen molar-refractivity contribution in [2.45, 2.75) is 42.1 Å². The van der Waals surface area contributed by atoms with Crippen molar-refractivity contribution >= 4 is 29.1 Å². The fourth-order valence-corrected chi connectivity index (χ4v) is 17.5. The summed E-state index contributed by atoms with van der Waals surface area (Å²) in [6.45, 7) is 0. The fraction of sp³-hybridized carbons (Fsp3) is 0.259. The second-order valence-corrected chi connectivity index (χ2v) is 19.6. The Morgan fingerprint density at radius 2 is 1.07 bits per heavy atom. The molecule has 0 heterocycles. The van der Waals surface area contributed by atoms with Gasteiger partial charge in [-0.2, -0.15) is 0 Å². The van der Waals surface area contributed by atoms with Gasteiger partial charge in [-0.1, -0.05) is 0 Å². The van der Waals surface area contributed by atoms with Crippen LogP contribution >= 0.6 is 0 Å². The van der Waals surface area contributed by atoms with Gasteiger partial charge in [0.25, 0.3) is 0 Å². The van der Waals surface area contributed by atoms with Crippen LogP contribution < -0.4 is 10.7 Å². The monoisotopic (exact) mass is 490 g/mol. The van der Waals surface area contributed by atoms with Gasteiger partial charge in [0.1, 0.15) is 0 Å². The van der Waals surface area contributed by atoms with Crippen LogP contribution in [0.5, 0.6) is 0 Å². The van der Waals surface area contributed by atoms with Crippen LogP contribution in [0.1, 0.15) is 32.1 Å². The molecule has 2 heteroatoms. The van der Waals surface area contributed by atoms with Crippen molar-refractivity contribution in [2.24, 2.45) is 0 Å². The van der Waals surface area contributed by atoms with E-state index in [4.69, 9.17) is 0 Å². The van der Waals surface area contributed by atoms with Gasteiger partial charge >= 0.3 is 180 Å². The predicted molar refractivity (Wildman–Crippen MR) is 126 cm³/mol. The van der Waals surface area contributed by atoms with E-state index in [0.717, 1.165) is 30.1 Å². The molecule has 0 amide bonds. The summed E-state index contributed by atoms with van der Waals surface area (Å²) in [7, 11) is 0. The SMILES string of the molecule is OC1(/C=C/[CH2][Sn]([c]2ccccc2)([c]2ccccc2)[c]2ccccc2)CCCCC1. The molecule has 0 aliphatic heterocycles. The van der Waals surface area contributed by atoms with E-state index in [-0.39, 0.29) is 0 Å². The molecule has 1 N–H and O–H groups in total. The average molecular weight is 489 g/mol. The topological polar surface area (TPSA) is 20.2 Å². The van der Waals surface area contributed by atoms with E-state index in [9.17, 15) is 5.11 Å². The van der Waals surface area contributed by atoms with Crippen molar-refractivity contribution in [3.63, 3.8) is 0 Å². The maximum atomic E-state index is 11.0. The Kier molecular flexibility index (Phi) is 6.56. The number of benzene rings is 3. The van der Waals surface area contributed by atoms with Crippen LogP contribution in [0.25, 0.3) is 0 Å². The molecule has 1 aliphatic carbocycles. The summed E-state index contributed by atoms with van der Waals surface area (Å²) >= 11 is -3.24. The number of allylic oxidation sites excluding steroid dienone is 1. The summed E-state index contributed by atoms with van der Waals surface area (Å²) < 4.78 is 5.48. The fourth-order valence-electron chi connectivity index (χ4n) is 4.81. The molecule has 0 spiro atoms. The van der Waals surface area contributed by atoms with Crippen LogP contribution in [0.3, 0.4) is 0 Å². The van der Waals surface area contributed by atoms with Gasteiger partial charge in [-0.05, 0) is 0 Å². The van der Waals surface area contributed by atoms with Crippen molar-refractivity contribution in [1.82, 2.24) is 0 Å². The van der Waals surface area contributed by atoms with Crippen LogP contribution in [0, 0.1) is 0 Å². The van der Waals surface area contributed by atoms with Crippen molar-refractivity contribution < 1.29 is 5.11 Å². The van der Waals surface area contributed by atoms with E-state index < -0.39 is 24.0 Å². The molecule has 0 saturated heterocycles. The molecule has 1 nitrogen and oxygen atoms in total. The normalized spacial score (nSPS) is 16.7. The minimum atomic E-state index is -3.24. The van der Waals surface area contributed by atoms with Crippen LogP contribution in [0.2, 0.25) is 4.44 Å². The number of rotatable bonds is 6. The summed E-state index contributed by atoms with van der Waals surface area (Å²) in [6, 6.07) is 33.3. The Morgan fingerprint density at radius 3 is 1.48 bits per heavy atom. The molecule has 1 fully saturated rings. The Bertz CT molecular complexity index is 816. The van der Waals surface area contributed by atoms with Gasteiger partial charge < -0.3 is 0 Å². The van der Waals surface area contributed by atoms with Crippen LogP contribution in [0.15, 0.2) is 103 Å². The van der Waals surface area contributed by atoms with Crippen LogP contribution in [-0.2, 0) is 0 Å². The minimum absolute atomic E-state index is 0.611. The molecular formula is C27H30OSn. The molecule has 0 bridgehead atoms. The standard InChI is InChI=1S/C9H15O.3C6H5.Sn/c1-2-6-9(10)7-4-3-5-8-9;3*1-2-4-6-5-3-1;/h2,6,10H,1,3-5,7-8H2;3*1-5H;/b6-2+;;;;. The first-order chi connectivity index (χ1) is 14.2. The van der Waals surface area contributed by atoms with Crippen molar-refractivity contribution in [1.29, 1.82) is 0 Å². The van der Waals surface area contributed by atoms with E-state index in [2.05, 4.69) is 103 Å². The van der Waals surface area contributed by atoms with Crippen molar-refractivity contribution in [3.05, 3.63) is 103 Å². The molecule has 4 rings (SSSR count). The summed E-state index contributed by atoms with van der Waals surface area (Å²) in [5.41, 5.74) is -0.611. The van der Waals surface area contributed by atoms with Gasteiger partial charge in [0.05, 0.1) is 0 Å². The summed E-state index contributed by atoms with van der Waals surface area (Å²) in [5, 5.41) is 11.0. The van der Waals surface area contributed by atoms with Gasteiger partial charge in [0, 0.05) is 0 Å². The first kappa shape index (κ1) is 20.4. The molecule has 3 aromatic carbocycles. The third-order valence-corrected chi connectivity index (χ3v) is 20.1. The Morgan fingerprint density at radius 1 is 0.655 bits per heavy atom. The zero-order chi connectivity index (χ0) is 20.0. The summed E-state index contributed by atoms with van der Waals surface area (Å²) in [5.74, 6) is 0. The molecule has 29 heavy (non-hydrogen) atoms. The third-order valence-electron chi connectivity index (χ3n) is 6.37. The van der Waals surface area contributed by atoms with Gasteiger partial charge in [-0.3, -0.25) is 0 Å². The molecule has 148 valence electrons. The Balaban J connectivity index is 1.82. The van der Waals surface area contributed by atoms with E-state index in [0.29, 0.717) is 0 Å². The van der Waals surface area contributed by atoms with E-state index in [1.807, 2.05) is 0 Å². The summed E-state index contributed by atoms with van der Waals surface area (Å²) in [6.07, 6.45) is 9.75. The average Bonchev–Trinajstić information content (AvgIpc) is 2.79. The van der Waals surface area contributed by atoms with E-state index in [1.165, 1.54) is 17.2 Å². The van der Waals surface area contributed by atoms with E-state index in [1.54, 1.807) is 0 Å². The second kappa shape index (κ2) is 9.32. The Hall–Kier alpha value is -1.84. The molecule has 3 aromatic rings. The first-order valence-electron chi connectivity index (χ1n) is 10.8. The predicted octanol–water partition coefficient (Wildman–Crippen LogP) is 4.41. The zero-order valence-corrected chi connectivity index (χ0v) is 19.9. The third kappa shape index (κ3) is 4.51. The van der Waals surface area contributed by atoms with E-state index >= 15 is 0 Å². The molecule has 1 aliphatic rings. The van der Waals surface area contributed by atoms with Gasteiger partial charge in [0.15, 0.2) is 0 Å². The summed E-state index contributed by atoms with van der Waals surface area (Å²) in [4.78, 5) is 0.